The lowest BCUT2D eigenvalue weighted by molar-refractivity contribution is -0.165. The molecule has 70 valence electrons. The van der Waals surface area contributed by atoms with E-state index in [0.717, 1.165) is 13.0 Å². The second-order valence-electron chi connectivity index (χ2n) is 2.78. The van der Waals surface area contributed by atoms with Gasteiger partial charge in [0.15, 0.2) is 0 Å². The van der Waals surface area contributed by atoms with Gasteiger partial charge in [-0.05, 0) is 12.1 Å². The summed E-state index contributed by atoms with van der Waals surface area (Å²) in [7, 11) is 0. The summed E-state index contributed by atoms with van der Waals surface area (Å²) in [5.74, 6) is 0.694. The van der Waals surface area contributed by atoms with E-state index in [2.05, 4.69) is 0 Å². The molecule has 0 unspecified atom stereocenters. The molecular formula is C9H8Cl2O2. The largest absolute Gasteiger partial charge is 0.465 e. The zero-order valence-electron chi connectivity index (χ0n) is 6.80. The van der Waals surface area contributed by atoms with Crippen LogP contribution < -0.4 is 4.74 Å². The minimum Gasteiger partial charge on any atom is -0.465 e. The molecule has 2 rings (SSSR count). The maximum absolute atomic E-state index is 5.81. The van der Waals surface area contributed by atoms with Crippen LogP contribution in [-0.4, -0.2) is 12.9 Å². The molecule has 1 heterocycles. The smallest absolute Gasteiger partial charge is 0.202 e. The zero-order chi connectivity index (χ0) is 9.26. The number of hydrogen-bond donors (Lipinski definition) is 0. The van der Waals surface area contributed by atoms with Gasteiger partial charge in [0.25, 0.3) is 0 Å². The summed E-state index contributed by atoms with van der Waals surface area (Å²) in [5.41, 5.74) is 0. The Balaban J connectivity index is 2.07. The number of hydrogen-bond acceptors (Lipinski definition) is 2. The lowest BCUT2D eigenvalue weighted by Crippen LogP contribution is -2.32. The van der Waals surface area contributed by atoms with Crippen molar-refractivity contribution in [1.82, 2.24) is 0 Å². The molecule has 0 amide bonds. The van der Waals surface area contributed by atoms with Crippen LogP contribution in [0.15, 0.2) is 18.2 Å². The third-order valence-corrected chi connectivity index (χ3v) is 2.55. The Morgan fingerprint density at radius 2 is 2.08 bits per heavy atom. The average molecular weight is 219 g/mol. The van der Waals surface area contributed by atoms with Gasteiger partial charge in [-0.1, -0.05) is 23.2 Å². The van der Waals surface area contributed by atoms with Gasteiger partial charge in [0.05, 0.1) is 16.7 Å². The number of ether oxygens (including phenoxy) is 2. The van der Waals surface area contributed by atoms with Gasteiger partial charge >= 0.3 is 0 Å². The summed E-state index contributed by atoms with van der Waals surface area (Å²) in [5, 5.41) is 1.03. The normalized spacial score (nSPS) is 20.9. The Morgan fingerprint density at radius 1 is 1.31 bits per heavy atom. The van der Waals surface area contributed by atoms with Gasteiger partial charge in [-0.3, -0.25) is 0 Å². The van der Waals surface area contributed by atoms with Crippen molar-refractivity contribution in [3.63, 3.8) is 0 Å². The maximum Gasteiger partial charge on any atom is 0.202 e. The van der Waals surface area contributed by atoms with E-state index in [-0.39, 0.29) is 6.29 Å². The van der Waals surface area contributed by atoms with Crippen LogP contribution in [0.2, 0.25) is 10.0 Å². The summed E-state index contributed by atoms with van der Waals surface area (Å²) < 4.78 is 10.5. The topological polar surface area (TPSA) is 18.5 Å². The van der Waals surface area contributed by atoms with Crippen molar-refractivity contribution in [2.75, 3.05) is 6.61 Å². The molecule has 1 fully saturated rings. The molecule has 1 aliphatic heterocycles. The first-order chi connectivity index (χ1) is 6.25. The Labute approximate surface area is 86.4 Å². The average Bonchev–Trinajstić information content (AvgIpc) is 2.04. The third-order valence-electron chi connectivity index (χ3n) is 1.82. The summed E-state index contributed by atoms with van der Waals surface area (Å²) in [6.45, 7) is 0.770. The van der Waals surface area contributed by atoms with E-state index in [1.54, 1.807) is 18.2 Å². The fraction of sp³-hybridized carbons (Fsp3) is 0.333. The molecule has 0 aromatic heterocycles. The molecular weight excluding hydrogens is 211 g/mol. The van der Waals surface area contributed by atoms with E-state index in [1.807, 2.05) is 0 Å². The molecule has 4 heteroatoms. The number of benzene rings is 1. The monoisotopic (exact) mass is 218 g/mol. The van der Waals surface area contributed by atoms with Crippen LogP contribution in [0, 0.1) is 0 Å². The molecule has 0 saturated carbocycles. The highest BCUT2D eigenvalue weighted by atomic mass is 35.5. The summed E-state index contributed by atoms with van der Waals surface area (Å²) in [6, 6.07) is 5.17. The van der Waals surface area contributed by atoms with Crippen LogP contribution in [0.3, 0.4) is 0 Å². The maximum atomic E-state index is 5.81. The molecule has 1 atom stereocenters. The predicted octanol–water partition coefficient (Wildman–Crippen LogP) is 3.12. The Morgan fingerprint density at radius 3 is 2.62 bits per heavy atom. The first-order valence-electron chi connectivity index (χ1n) is 3.99. The van der Waals surface area contributed by atoms with Gasteiger partial charge in [-0.25, -0.2) is 0 Å². The minimum absolute atomic E-state index is 0.114. The van der Waals surface area contributed by atoms with Gasteiger partial charge in [0.2, 0.25) is 6.29 Å². The molecule has 2 nitrogen and oxygen atoms in total. The molecule has 0 spiro atoms. The van der Waals surface area contributed by atoms with E-state index in [9.17, 15) is 0 Å². The van der Waals surface area contributed by atoms with Gasteiger partial charge in [0.1, 0.15) is 5.75 Å². The van der Waals surface area contributed by atoms with Crippen LogP contribution in [0.4, 0.5) is 0 Å². The van der Waals surface area contributed by atoms with Crippen molar-refractivity contribution in [3.8, 4) is 5.75 Å². The molecule has 1 saturated heterocycles. The van der Waals surface area contributed by atoms with E-state index >= 15 is 0 Å². The van der Waals surface area contributed by atoms with Crippen molar-refractivity contribution < 1.29 is 9.47 Å². The minimum atomic E-state index is -0.114. The summed E-state index contributed by atoms with van der Waals surface area (Å²) in [4.78, 5) is 0. The molecule has 0 radical (unpaired) electrons. The second kappa shape index (κ2) is 3.74. The fourth-order valence-corrected chi connectivity index (χ4v) is 1.30. The van der Waals surface area contributed by atoms with E-state index < -0.39 is 0 Å². The van der Waals surface area contributed by atoms with Crippen molar-refractivity contribution in [2.45, 2.75) is 12.7 Å². The highest BCUT2D eigenvalue weighted by Crippen LogP contribution is 2.28. The van der Waals surface area contributed by atoms with Gasteiger partial charge in [-0.15, -0.1) is 0 Å². The first kappa shape index (κ1) is 9.13. The molecule has 13 heavy (non-hydrogen) atoms. The lowest BCUT2D eigenvalue weighted by atomic mass is 10.3. The molecule has 0 aliphatic carbocycles. The molecule has 0 bridgehead atoms. The second-order valence-corrected chi connectivity index (χ2v) is 3.60. The van der Waals surface area contributed by atoms with Crippen molar-refractivity contribution in [2.24, 2.45) is 0 Å². The highest BCUT2D eigenvalue weighted by molar-refractivity contribution is 6.42. The first-order valence-corrected chi connectivity index (χ1v) is 4.74. The SMILES string of the molecule is Clc1ccc(O[C@H]2CCO2)cc1Cl. The van der Waals surface area contributed by atoms with Crippen LogP contribution in [0.1, 0.15) is 6.42 Å². The summed E-state index contributed by atoms with van der Waals surface area (Å²) in [6.07, 6.45) is 0.817. The van der Waals surface area contributed by atoms with Crippen LogP contribution >= 0.6 is 23.2 Å². The lowest BCUT2D eigenvalue weighted by Gasteiger charge is -2.26. The Kier molecular flexibility index (Phi) is 2.63. The zero-order valence-corrected chi connectivity index (χ0v) is 8.31. The van der Waals surface area contributed by atoms with Crippen molar-refractivity contribution in [1.29, 1.82) is 0 Å². The predicted molar refractivity (Wildman–Crippen MR) is 51.4 cm³/mol. The van der Waals surface area contributed by atoms with Gasteiger partial charge in [0, 0.05) is 12.5 Å². The highest BCUT2D eigenvalue weighted by Gasteiger charge is 2.19. The van der Waals surface area contributed by atoms with Gasteiger partial charge < -0.3 is 9.47 Å². The fourth-order valence-electron chi connectivity index (χ4n) is 1.01. The Hall–Kier alpha value is -0.440. The Bertz CT molecular complexity index is 310. The van der Waals surface area contributed by atoms with E-state index in [0.29, 0.717) is 15.8 Å². The van der Waals surface area contributed by atoms with Gasteiger partial charge in [-0.2, -0.15) is 0 Å². The van der Waals surface area contributed by atoms with Crippen LogP contribution in [-0.2, 0) is 4.74 Å². The molecule has 1 aromatic carbocycles. The van der Waals surface area contributed by atoms with Crippen molar-refractivity contribution >= 4 is 23.2 Å². The van der Waals surface area contributed by atoms with Crippen molar-refractivity contribution in [3.05, 3.63) is 28.2 Å². The quantitative estimate of drug-likeness (QED) is 0.760. The summed E-state index contributed by atoms with van der Waals surface area (Å²) >= 11 is 11.6. The standard InChI is InChI=1S/C9H8Cl2O2/c10-7-2-1-6(5-8(7)11)13-9-3-4-12-9/h1-2,5,9H,3-4H2/t9-/m0/s1. The number of halogens is 2. The molecule has 1 aromatic rings. The molecule has 1 aliphatic rings. The third kappa shape index (κ3) is 2.08. The number of rotatable bonds is 2. The van der Waals surface area contributed by atoms with Crippen LogP contribution in [0.5, 0.6) is 5.75 Å². The van der Waals surface area contributed by atoms with Crippen LogP contribution in [0.25, 0.3) is 0 Å². The van der Waals surface area contributed by atoms with E-state index in [1.165, 1.54) is 0 Å². The molecule has 0 N–H and O–H groups in total. The van der Waals surface area contributed by atoms with E-state index in [4.69, 9.17) is 32.7 Å².